The number of benzene rings is 3. The molecule has 4 rings (SSSR count). The summed E-state index contributed by atoms with van der Waals surface area (Å²) in [6.45, 7) is 2.98. The van der Waals surface area contributed by atoms with E-state index in [0.717, 1.165) is 55.2 Å². The standard InChI is InChI=1S/C32H37Cl2N3O2/c1-24(38)35(2)32(27-14-5-4-6-15-27)19-21-37(22-20-32)36(3)31(39)28-16-10-9-13-26(28)12-8-7-11-25-17-18-29(33)30(34)23-25/h4-6,9-10,13-18,23H,7-8,11-12,19-22H2,1-3H3. The van der Waals surface area contributed by atoms with Gasteiger partial charge in [0.15, 0.2) is 0 Å². The van der Waals surface area contributed by atoms with Gasteiger partial charge in [-0.05, 0) is 73.4 Å². The molecule has 0 aliphatic carbocycles. The van der Waals surface area contributed by atoms with Crippen molar-refractivity contribution in [2.24, 2.45) is 0 Å². The summed E-state index contributed by atoms with van der Waals surface area (Å²) < 4.78 is 0. The summed E-state index contributed by atoms with van der Waals surface area (Å²) in [5.41, 5.74) is 3.74. The second-order valence-corrected chi connectivity index (χ2v) is 11.2. The van der Waals surface area contributed by atoms with Crippen molar-refractivity contribution in [3.63, 3.8) is 0 Å². The van der Waals surface area contributed by atoms with Gasteiger partial charge in [-0.3, -0.25) is 14.6 Å². The lowest BCUT2D eigenvalue weighted by Gasteiger charge is -2.49. The lowest BCUT2D eigenvalue weighted by molar-refractivity contribution is -0.138. The molecule has 3 aromatic rings. The lowest BCUT2D eigenvalue weighted by Crippen LogP contribution is -2.57. The number of halogens is 2. The first-order valence-corrected chi connectivity index (χ1v) is 14.3. The summed E-state index contributed by atoms with van der Waals surface area (Å²) in [6.07, 6.45) is 5.21. The van der Waals surface area contributed by atoms with E-state index in [4.69, 9.17) is 23.2 Å². The molecule has 1 aliphatic rings. The maximum absolute atomic E-state index is 13.7. The van der Waals surface area contributed by atoms with E-state index in [1.165, 1.54) is 5.56 Å². The largest absolute Gasteiger partial charge is 0.336 e. The predicted molar refractivity (Wildman–Crippen MR) is 159 cm³/mol. The van der Waals surface area contributed by atoms with Gasteiger partial charge in [-0.25, -0.2) is 5.01 Å². The highest BCUT2D eigenvalue weighted by molar-refractivity contribution is 6.42. The van der Waals surface area contributed by atoms with Crippen molar-refractivity contribution in [2.45, 2.75) is 51.0 Å². The minimum absolute atomic E-state index is 0.00205. The normalized spacial score (nSPS) is 15.1. The minimum atomic E-state index is -0.375. The molecule has 0 spiro atoms. The van der Waals surface area contributed by atoms with Crippen LogP contribution in [0.15, 0.2) is 72.8 Å². The van der Waals surface area contributed by atoms with Crippen molar-refractivity contribution < 1.29 is 9.59 Å². The van der Waals surface area contributed by atoms with Gasteiger partial charge in [0.05, 0.1) is 15.6 Å². The molecule has 39 heavy (non-hydrogen) atoms. The average Bonchev–Trinajstić information content (AvgIpc) is 2.96. The van der Waals surface area contributed by atoms with Gasteiger partial charge in [0, 0.05) is 39.7 Å². The molecule has 7 heteroatoms. The van der Waals surface area contributed by atoms with E-state index >= 15 is 0 Å². The average molecular weight is 567 g/mol. The van der Waals surface area contributed by atoms with Gasteiger partial charge in [0.1, 0.15) is 0 Å². The fourth-order valence-electron chi connectivity index (χ4n) is 5.62. The van der Waals surface area contributed by atoms with E-state index < -0.39 is 0 Å². The number of piperidine rings is 1. The third-order valence-electron chi connectivity index (χ3n) is 8.10. The summed E-state index contributed by atoms with van der Waals surface area (Å²) in [7, 11) is 3.74. The van der Waals surface area contributed by atoms with Gasteiger partial charge in [0.2, 0.25) is 5.91 Å². The van der Waals surface area contributed by atoms with Crippen molar-refractivity contribution in [3.8, 4) is 0 Å². The van der Waals surface area contributed by atoms with Crippen LogP contribution in [-0.4, -0.2) is 53.9 Å². The molecule has 2 amide bonds. The Kier molecular flexibility index (Phi) is 9.71. The molecule has 0 bridgehead atoms. The number of unbranched alkanes of at least 4 members (excludes halogenated alkanes) is 1. The fraction of sp³-hybridized carbons (Fsp3) is 0.375. The maximum Gasteiger partial charge on any atom is 0.268 e. The Morgan fingerprint density at radius 2 is 1.49 bits per heavy atom. The molecular formula is C32H37Cl2N3O2. The Morgan fingerprint density at radius 1 is 0.846 bits per heavy atom. The van der Waals surface area contributed by atoms with Crippen LogP contribution in [0.25, 0.3) is 0 Å². The molecule has 1 saturated heterocycles. The number of hydrogen-bond donors (Lipinski definition) is 0. The van der Waals surface area contributed by atoms with Gasteiger partial charge in [-0.1, -0.05) is 77.8 Å². The molecule has 1 aliphatic heterocycles. The molecule has 5 nitrogen and oxygen atoms in total. The summed E-state index contributed by atoms with van der Waals surface area (Å²) in [5.74, 6) is 0.0482. The topological polar surface area (TPSA) is 43.9 Å². The second-order valence-electron chi connectivity index (χ2n) is 10.4. The van der Waals surface area contributed by atoms with E-state index in [2.05, 4.69) is 23.2 Å². The van der Waals surface area contributed by atoms with E-state index in [1.54, 1.807) is 11.9 Å². The van der Waals surface area contributed by atoms with E-state index in [-0.39, 0.29) is 17.4 Å². The van der Waals surface area contributed by atoms with Crippen molar-refractivity contribution >= 4 is 35.0 Å². The zero-order valence-corrected chi connectivity index (χ0v) is 24.5. The zero-order valence-electron chi connectivity index (χ0n) is 23.0. The highest BCUT2D eigenvalue weighted by atomic mass is 35.5. The highest BCUT2D eigenvalue weighted by Crippen LogP contribution is 2.38. The predicted octanol–water partition coefficient (Wildman–Crippen LogP) is 7.02. The van der Waals surface area contributed by atoms with Crippen molar-refractivity contribution in [1.82, 2.24) is 14.9 Å². The Labute approximate surface area is 242 Å². The number of rotatable bonds is 9. The van der Waals surface area contributed by atoms with Crippen molar-refractivity contribution in [2.75, 3.05) is 27.2 Å². The van der Waals surface area contributed by atoms with Crippen LogP contribution in [0.1, 0.15) is 59.7 Å². The zero-order chi connectivity index (χ0) is 28.0. The summed E-state index contributed by atoms with van der Waals surface area (Å²) in [4.78, 5) is 27.9. The molecule has 0 atom stereocenters. The monoisotopic (exact) mass is 565 g/mol. The fourth-order valence-corrected chi connectivity index (χ4v) is 5.94. The summed E-state index contributed by atoms with van der Waals surface area (Å²) in [6, 6.07) is 23.9. The van der Waals surface area contributed by atoms with E-state index in [1.807, 2.05) is 73.6 Å². The van der Waals surface area contributed by atoms with Gasteiger partial charge in [-0.2, -0.15) is 0 Å². The van der Waals surface area contributed by atoms with Crippen LogP contribution in [0.3, 0.4) is 0 Å². The van der Waals surface area contributed by atoms with Crippen LogP contribution in [-0.2, 0) is 23.2 Å². The number of carbonyl (C=O) groups excluding carboxylic acids is 2. The van der Waals surface area contributed by atoms with Gasteiger partial charge in [-0.15, -0.1) is 0 Å². The van der Waals surface area contributed by atoms with Gasteiger partial charge in [0.25, 0.3) is 5.91 Å². The SMILES string of the molecule is CC(=O)N(C)C1(c2ccccc2)CCN(N(C)C(=O)c2ccccc2CCCCc2ccc(Cl)c(Cl)c2)CC1. The molecule has 206 valence electrons. The smallest absolute Gasteiger partial charge is 0.268 e. The first-order valence-electron chi connectivity index (χ1n) is 13.6. The number of hydrogen-bond acceptors (Lipinski definition) is 3. The quantitative estimate of drug-likeness (QED) is 0.262. The van der Waals surface area contributed by atoms with E-state index in [9.17, 15) is 9.59 Å². The van der Waals surface area contributed by atoms with Crippen LogP contribution < -0.4 is 0 Å². The van der Waals surface area contributed by atoms with Crippen LogP contribution in [0.4, 0.5) is 0 Å². The second kappa shape index (κ2) is 13.0. The van der Waals surface area contributed by atoms with E-state index in [0.29, 0.717) is 23.1 Å². The molecule has 0 radical (unpaired) electrons. The number of nitrogens with zero attached hydrogens (tertiary/aromatic N) is 3. The summed E-state index contributed by atoms with van der Waals surface area (Å²) in [5, 5.41) is 5.03. The van der Waals surface area contributed by atoms with Crippen LogP contribution in [0.5, 0.6) is 0 Å². The Bertz CT molecular complexity index is 1290. The number of hydrazine groups is 1. The highest BCUT2D eigenvalue weighted by Gasteiger charge is 2.42. The van der Waals surface area contributed by atoms with Crippen LogP contribution >= 0.6 is 23.2 Å². The molecular weight excluding hydrogens is 529 g/mol. The van der Waals surface area contributed by atoms with Gasteiger partial charge < -0.3 is 4.90 Å². The molecule has 0 saturated carbocycles. The molecule has 0 N–H and O–H groups in total. The van der Waals surface area contributed by atoms with Crippen LogP contribution in [0.2, 0.25) is 10.0 Å². The third-order valence-corrected chi connectivity index (χ3v) is 8.84. The van der Waals surface area contributed by atoms with Gasteiger partial charge >= 0.3 is 0 Å². The van der Waals surface area contributed by atoms with Crippen molar-refractivity contribution in [1.29, 1.82) is 0 Å². The van der Waals surface area contributed by atoms with Crippen LogP contribution in [0, 0.1) is 0 Å². The first-order chi connectivity index (χ1) is 18.7. The molecule has 0 unspecified atom stereocenters. The molecule has 3 aromatic carbocycles. The van der Waals surface area contributed by atoms with Crippen molar-refractivity contribution in [3.05, 3.63) is 105 Å². The molecule has 0 aromatic heterocycles. The summed E-state index contributed by atoms with van der Waals surface area (Å²) >= 11 is 12.2. The number of carbonyl (C=O) groups is 2. The maximum atomic E-state index is 13.7. The third kappa shape index (κ3) is 6.66. The molecule has 1 fully saturated rings. The first kappa shape index (κ1) is 29.1. The molecule has 1 heterocycles. The Morgan fingerprint density at radius 3 is 2.15 bits per heavy atom. The Balaban J connectivity index is 1.39. The number of aryl methyl sites for hydroxylation is 2. The minimum Gasteiger partial charge on any atom is -0.336 e. The lowest BCUT2D eigenvalue weighted by atomic mass is 9.79. The Hall–Kier alpha value is -2.86. The number of amides is 2.